The van der Waals surface area contributed by atoms with E-state index in [0.717, 1.165) is 0 Å². The van der Waals surface area contributed by atoms with Crippen LogP contribution < -0.4 is 0 Å². The van der Waals surface area contributed by atoms with Crippen molar-refractivity contribution in [1.82, 2.24) is 0 Å². The minimum absolute atomic E-state index is 0.750. The number of aliphatic hydroxyl groups excluding tert-OH is 11. The molecule has 0 aromatic carbocycles. The summed E-state index contributed by atoms with van der Waals surface area (Å²) in [4.78, 5) is 0. The number of hydrogen-bond acceptors (Lipinski definition) is 16. The van der Waals surface area contributed by atoms with Gasteiger partial charge in [0, 0.05) is 0 Å². The van der Waals surface area contributed by atoms with Crippen LogP contribution in [0.5, 0.6) is 0 Å². The Kier molecular flexibility index (Phi) is 9.54. The molecule has 1 unspecified atom stereocenters. The Morgan fingerprint density at radius 3 is 1.18 bits per heavy atom. The maximum atomic E-state index is 10.7. The fraction of sp³-hybridized carbons (Fsp3) is 1.00. The molecule has 3 saturated heterocycles. The number of ether oxygens (including phenoxy) is 5. The van der Waals surface area contributed by atoms with E-state index in [1.165, 1.54) is 0 Å². The molecule has 16 heteroatoms. The van der Waals surface area contributed by atoms with Gasteiger partial charge in [-0.2, -0.15) is 0 Å². The lowest BCUT2D eigenvalue weighted by Gasteiger charge is -2.47. The molecule has 15 atom stereocenters. The Balaban J connectivity index is 1.76. The minimum atomic E-state index is -1.91. The van der Waals surface area contributed by atoms with E-state index in [9.17, 15) is 56.2 Å². The standard InChI is InChI=1S/C18H32O16/c19-1-4-7(22)10(25)12(27)16(30-4)33-15-9(24)6(3-21)32-18(14(15)29)34-17-13(28)11(26)8(23)5(2-20)31-17/h4-29H,1-3H2/t4-,5-,6-,7+,8-,9-,10+,11+,12-,13-,14-,15+,16?,17-,18-/m1/s1. The van der Waals surface area contributed by atoms with Gasteiger partial charge in [0.15, 0.2) is 18.9 Å². The summed E-state index contributed by atoms with van der Waals surface area (Å²) in [6.07, 6.45) is -25.4. The summed E-state index contributed by atoms with van der Waals surface area (Å²) in [6.45, 7) is -2.32. The molecule has 11 N–H and O–H groups in total. The van der Waals surface area contributed by atoms with Crippen molar-refractivity contribution < 1.29 is 79.9 Å². The zero-order valence-corrected chi connectivity index (χ0v) is 17.7. The van der Waals surface area contributed by atoms with E-state index < -0.39 is 112 Å². The molecule has 200 valence electrons. The lowest BCUT2D eigenvalue weighted by molar-refractivity contribution is -0.393. The molecule has 16 nitrogen and oxygen atoms in total. The van der Waals surface area contributed by atoms with E-state index in [0.29, 0.717) is 0 Å². The van der Waals surface area contributed by atoms with Crippen LogP contribution in [-0.4, -0.2) is 168 Å². The van der Waals surface area contributed by atoms with Crippen LogP contribution in [0.3, 0.4) is 0 Å². The first-order valence-electron chi connectivity index (χ1n) is 10.6. The van der Waals surface area contributed by atoms with Crippen LogP contribution in [0, 0.1) is 0 Å². The highest BCUT2D eigenvalue weighted by Gasteiger charge is 2.53. The normalized spacial score (nSPS) is 52.5. The van der Waals surface area contributed by atoms with Gasteiger partial charge in [0.05, 0.1) is 19.8 Å². The van der Waals surface area contributed by atoms with E-state index in [2.05, 4.69) is 0 Å². The second kappa shape index (κ2) is 11.6. The summed E-state index contributed by atoms with van der Waals surface area (Å²) in [7, 11) is 0. The van der Waals surface area contributed by atoms with Gasteiger partial charge in [-0.3, -0.25) is 0 Å². The number of hydrogen-bond donors (Lipinski definition) is 11. The fourth-order valence-electron chi connectivity index (χ4n) is 3.97. The minimum Gasteiger partial charge on any atom is -0.394 e. The van der Waals surface area contributed by atoms with Gasteiger partial charge in [-0.25, -0.2) is 0 Å². The van der Waals surface area contributed by atoms with Gasteiger partial charge in [0.2, 0.25) is 0 Å². The van der Waals surface area contributed by atoms with Crippen molar-refractivity contribution in [1.29, 1.82) is 0 Å². The highest BCUT2D eigenvalue weighted by molar-refractivity contribution is 4.95. The second-order valence-electron chi connectivity index (χ2n) is 8.34. The molecule has 3 rings (SSSR count). The van der Waals surface area contributed by atoms with E-state index in [4.69, 9.17) is 23.7 Å². The molecule has 3 aliphatic rings. The monoisotopic (exact) mass is 504 g/mol. The molecule has 0 spiro atoms. The van der Waals surface area contributed by atoms with Crippen molar-refractivity contribution in [3.63, 3.8) is 0 Å². The van der Waals surface area contributed by atoms with Crippen LogP contribution >= 0.6 is 0 Å². The Labute approximate surface area is 192 Å². The topological polar surface area (TPSA) is 269 Å². The van der Waals surface area contributed by atoms with Crippen LogP contribution in [0.2, 0.25) is 0 Å². The van der Waals surface area contributed by atoms with Gasteiger partial charge in [-0.15, -0.1) is 0 Å². The molecule has 0 aromatic heterocycles. The molecule has 0 bridgehead atoms. The van der Waals surface area contributed by atoms with Crippen LogP contribution in [0.1, 0.15) is 0 Å². The van der Waals surface area contributed by atoms with Crippen LogP contribution in [0.15, 0.2) is 0 Å². The molecule has 0 saturated carbocycles. The average Bonchev–Trinajstić information content (AvgIpc) is 2.83. The number of rotatable bonds is 7. The second-order valence-corrected chi connectivity index (χ2v) is 8.34. The predicted molar refractivity (Wildman–Crippen MR) is 101 cm³/mol. The van der Waals surface area contributed by atoms with E-state index in [1.54, 1.807) is 0 Å². The van der Waals surface area contributed by atoms with E-state index in [1.807, 2.05) is 0 Å². The van der Waals surface area contributed by atoms with Crippen LogP contribution in [-0.2, 0) is 23.7 Å². The molecule has 0 aromatic rings. The first-order chi connectivity index (χ1) is 16.0. The molecular formula is C18H32O16. The zero-order valence-electron chi connectivity index (χ0n) is 17.7. The van der Waals surface area contributed by atoms with E-state index in [-0.39, 0.29) is 0 Å². The van der Waals surface area contributed by atoms with Crippen LogP contribution in [0.25, 0.3) is 0 Å². The Hall–Kier alpha value is -0.640. The van der Waals surface area contributed by atoms with Gasteiger partial charge < -0.3 is 79.9 Å². The first-order valence-corrected chi connectivity index (χ1v) is 10.6. The molecule has 34 heavy (non-hydrogen) atoms. The average molecular weight is 504 g/mol. The third-order valence-corrected chi connectivity index (χ3v) is 6.08. The van der Waals surface area contributed by atoms with Gasteiger partial charge in [0.25, 0.3) is 0 Å². The smallest absolute Gasteiger partial charge is 0.189 e. The molecule has 3 heterocycles. The first kappa shape index (κ1) is 27.9. The summed E-state index contributed by atoms with van der Waals surface area (Å²) in [5.41, 5.74) is 0. The maximum absolute atomic E-state index is 10.7. The largest absolute Gasteiger partial charge is 0.394 e. The SMILES string of the molecule is OC[C@H]1OC(O[C@@H]2[C@@H](O)[C@@H](O[C@H]3O[C@H](CO)[C@@H](O)[C@H](O)[C@H]3O)O[C@H](CO)[C@H]2O)[C@H](O)[C@@H](O)[C@H]1O. The predicted octanol–water partition coefficient (Wildman–Crippen LogP) is -7.57. The highest BCUT2D eigenvalue weighted by atomic mass is 16.8. The third-order valence-electron chi connectivity index (χ3n) is 6.08. The van der Waals surface area contributed by atoms with Crippen LogP contribution in [0.4, 0.5) is 0 Å². The van der Waals surface area contributed by atoms with Crippen molar-refractivity contribution in [3.8, 4) is 0 Å². The summed E-state index contributed by atoms with van der Waals surface area (Å²) >= 11 is 0. The highest BCUT2D eigenvalue weighted by Crippen LogP contribution is 2.31. The zero-order chi connectivity index (χ0) is 25.3. The summed E-state index contributed by atoms with van der Waals surface area (Å²) in [5, 5.41) is 109. The van der Waals surface area contributed by atoms with Gasteiger partial charge in [-0.05, 0) is 0 Å². The fourth-order valence-corrected chi connectivity index (χ4v) is 3.97. The molecular weight excluding hydrogens is 472 g/mol. The van der Waals surface area contributed by atoms with Crippen molar-refractivity contribution in [2.75, 3.05) is 19.8 Å². The van der Waals surface area contributed by atoms with Crippen molar-refractivity contribution in [2.24, 2.45) is 0 Å². The van der Waals surface area contributed by atoms with Gasteiger partial charge in [0.1, 0.15) is 73.2 Å². The summed E-state index contributed by atoms with van der Waals surface area (Å²) in [5.74, 6) is 0. The van der Waals surface area contributed by atoms with Crippen molar-refractivity contribution >= 4 is 0 Å². The Morgan fingerprint density at radius 2 is 0.765 bits per heavy atom. The Bertz CT molecular complexity index is 637. The molecule has 0 amide bonds. The Morgan fingerprint density at radius 1 is 0.412 bits per heavy atom. The third kappa shape index (κ3) is 5.37. The molecule has 3 aliphatic heterocycles. The van der Waals surface area contributed by atoms with Crippen molar-refractivity contribution in [3.05, 3.63) is 0 Å². The van der Waals surface area contributed by atoms with Gasteiger partial charge in [-0.1, -0.05) is 0 Å². The summed E-state index contributed by atoms with van der Waals surface area (Å²) in [6, 6.07) is 0. The van der Waals surface area contributed by atoms with Crippen molar-refractivity contribution in [2.45, 2.75) is 92.1 Å². The lowest BCUT2D eigenvalue weighted by atomic mass is 9.96. The summed E-state index contributed by atoms with van der Waals surface area (Å²) < 4.78 is 26.5. The lowest BCUT2D eigenvalue weighted by Crippen LogP contribution is -2.66. The molecule has 3 fully saturated rings. The quantitative estimate of drug-likeness (QED) is 0.154. The molecule has 0 radical (unpaired) electrons. The van der Waals surface area contributed by atoms with Gasteiger partial charge >= 0.3 is 0 Å². The number of aliphatic hydroxyl groups is 11. The molecule has 0 aliphatic carbocycles. The van der Waals surface area contributed by atoms with E-state index >= 15 is 0 Å². The maximum Gasteiger partial charge on any atom is 0.189 e.